The third-order valence-electron chi connectivity index (χ3n) is 2.47. The van der Waals surface area contributed by atoms with Crippen LogP contribution >= 0.6 is 0 Å². The highest BCUT2D eigenvalue weighted by Gasteiger charge is 2.09. The molecule has 0 saturated carbocycles. The molecule has 0 aliphatic rings. The van der Waals surface area contributed by atoms with Gasteiger partial charge in [0.05, 0.1) is 5.56 Å². The molecule has 0 fully saturated rings. The zero-order valence-electron chi connectivity index (χ0n) is 9.74. The lowest BCUT2D eigenvalue weighted by Gasteiger charge is -1.99. The first-order valence-corrected chi connectivity index (χ1v) is 5.49. The second kappa shape index (κ2) is 5.52. The fraction of sp³-hybridized carbons (Fsp3) is 0. The minimum Gasteiger partial charge on any atom is -0.289 e. The monoisotopic (exact) mass is 262 g/mol. The van der Waals surface area contributed by atoms with Gasteiger partial charge in [0.1, 0.15) is 17.5 Å². The zero-order valence-corrected chi connectivity index (χ0v) is 9.74. The molecule has 0 unspecified atom stereocenters. The second-order valence-corrected chi connectivity index (χ2v) is 3.88. The number of rotatable bonds is 3. The molecule has 2 aromatic carbocycles. The van der Waals surface area contributed by atoms with E-state index in [1.165, 1.54) is 24.3 Å². The molecule has 19 heavy (non-hydrogen) atoms. The molecule has 0 heterocycles. The van der Waals surface area contributed by atoms with Crippen LogP contribution in [-0.2, 0) is 0 Å². The van der Waals surface area contributed by atoms with Crippen molar-refractivity contribution in [1.29, 1.82) is 0 Å². The normalized spacial score (nSPS) is 10.9. The van der Waals surface area contributed by atoms with E-state index >= 15 is 0 Å². The molecule has 0 spiro atoms. The standard InChI is InChI=1S/C15H9F3O/c16-11-3-1-2-10(8-11)4-7-15(19)13-9-12(17)5-6-14(13)18/h1-9H/b7-4+. The number of hydrogen-bond donors (Lipinski definition) is 0. The van der Waals surface area contributed by atoms with Crippen LogP contribution in [-0.4, -0.2) is 5.78 Å². The molecule has 0 atom stereocenters. The van der Waals surface area contributed by atoms with Gasteiger partial charge in [-0.25, -0.2) is 13.2 Å². The van der Waals surface area contributed by atoms with E-state index < -0.39 is 23.2 Å². The Hall–Kier alpha value is -2.36. The topological polar surface area (TPSA) is 17.1 Å². The Kier molecular flexibility index (Phi) is 3.80. The summed E-state index contributed by atoms with van der Waals surface area (Å²) in [6, 6.07) is 8.22. The van der Waals surface area contributed by atoms with E-state index in [0.717, 1.165) is 24.3 Å². The number of halogens is 3. The van der Waals surface area contributed by atoms with Crippen molar-refractivity contribution < 1.29 is 18.0 Å². The maximum atomic E-state index is 13.3. The van der Waals surface area contributed by atoms with Gasteiger partial charge in [0, 0.05) is 0 Å². The van der Waals surface area contributed by atoms with Crippen molar-refractivity contribution in [3.8, 4) is 0 Å². The highest BCUT2D eigenvalue weighted by molar-refractivity contribution is 6.06. The molecule has 0 saturated heterocycles. The molecular formula is C15H9F3O. The summed E-state index contributed by atoms with van der Waals surface area (Å²) in [6.07, 6.45) is 2.42. The Bertz CT molecular complexity index is 648. The predicted molar refractivity (Wildman–Crippen MR) is 66.1 cm³/mol. The molecule has 0 radical (unpaired) electrons. The van der Waals surface area contributed by atoms with Crippen LogP contribution in [0, 0.1) is 17.5 Å². The van der Waals surface area contributed by atoms with Gasteiger partial charge < -0.3 is 0 Å². The fourth-order valence-corrected chi connectivity index (χ4v) is 1.56. The Morgan fingerprint density at radius 3 is 2.42 bits per heavy atom. The number of carbonyl (C=O) groups is 1. The van der Waals surface area contributed by atoms with Gasteiger partial charge in [-0.15, -0.1) is 0 Å². The SMILES string of the molecule is O=C(/C=C/c1cccc(F)c1)c1cc(F)ccc1F. The summed E-state index contributed by atoms with van der Waals surface area (Å²) in [5.41, 5.74) is 0.109. The number of allylic oxidation sites excluding steroid dienone is 1. The molecular weight excluding hydrogens is 253 g/mol. The Balaban J connectivity index is 2.23. The second-order valence-electron chi connectivity index (χ2n) is 3.88. The number of ketones is 1. The first-order valence-electron chi connectivity index (χ1n) is 5.49. The molecule has 4 heteroatoms. The Morgan fingerprint density at radius 2 is 1.68 bits per heavy atom. The molecule has 2 rings (SSSR count). The molecule has 0 amide bonds. The summed E-state index contributed by atoms with van der Waals surface area (Å²) in [5, 5.41) is 0. The zero-order chi connectivity index (χ0) is 13.8. The van der Waals surface area contributed by atoms with Crippen LogP contribution in [0.25, 0.3) is 6.08 Å². The smallest absolute Gasteiger partial charge is 0.188 e. The Labute approximate surface area is 108 Å². The number of hydrogen-bond acceptors (Lipinski definition) is 1. The van der Waals surface area contributed by atoms with Crippen LogP contribution in [0.1, 0.15) is 15.9 Å². The highest BCUT2D eigenvalue weighted by Crippen LogP contribution is 2.12. The van der Waals surface area contributed by atoms with E-state index in [-0.39, 0.29) is 5.56 Å². The summed E-state index contributed by atoms with van der Waals surface area (Å²) in [6.45, 7) is 0. The lowest BCUT2D eigenvalue weighted by molar-refractivity contribution is 0.104. The lowest BCUT2D eigenvalue weighted by Crippen LogP contribution is -1.99. The van der Waals surface area contributed by atoms with Gasteiger partial charge in [-0.1, -0.05) is 18.2 Å². The summed E-state index contributed by atoms with van der Waals surface area (Å²) >= 11 is 0. The van der Waals surface area contributed by atoms with Crippen molar-refractivity contribution in [3.63, 3.8) is 0 Å². The lowest BCUT2D eigenvalue weighted by atomic mass is 10.1. The number of carbonyl (C=O) groups excluding carboxylic acids is 1. The van der Waals surface area contributed by atoms with Gasteiger partial charge in [-0.3, -0.25) is 4.79 Å². The largest absolute Gasteiger partial charge is 0.289 e. The van der Waals surface area contributed by atoms with Gasteiger partial charge in [0.2, 0.25) is 0 Å². The van der Waals surface area contributed by atoms with Gasteiger partial charge in [0.25, 0.3) is 0 Å². The van der Waals surface area contributed by atoms with E-state index in [1.54, 1.807) is 6.07 Å². The van der Waals surface area contributed by atoms with E-state index in [9.17, 15) is 18.0 Å². The van der Waals surface area contributed by atoms with Crippen molar-refractivity contribution >= 4 is 11.9 Å². The summed E-state index contributed by atoms with van der Waals surface area (Å²) < 4.78 is 39.2. The molecule has 0 aromatic heterocycles. The predicted octanol–water partition coefficient (Wildman–Crippen LogP) is 4.00. The van der Waals surface area contributed by atoms with Crippen LogP contribution in [0.3, 0.4) is 0 Å². The van der Waals surface area contributed by atoms with Crippen LogP contribution in [0.15, 0.2) is 48.5 Å². The molecule has 96 valence electrons. The highest BCUT2D eigenvalue weighted by atomic mass is 19.1. The number of benzene rings is 2. The third-order valence-corrected chi connectivity index (χ3v) is 2.47. The van der Waals surface area contributed by atoms with Gasteiger partial charge >= 0.3 is 0 Å². The van der Waals surface area contributed by atoms with Crippen molar-refractivity contribution in [3.05, 3.63) is 77.1 Å². The molecule has 1 nitrogen and oxygen atoms in total. The van der Waals surface area contributed by atoms with E-state index in [2.05, 4.69) is 0 Å². The quantitative estimate of drug-likeness (QED) is 0.603. The average Bonchev–Trinajstić information content (AvgIpc) is 2.39. The van der Waals surface area contributed by atoms with E-state index in [1.807, 2.05) is 0 Å². The Morgan fingerprint density at radius 1 is 0.947 bits per heavy atom. The molecule has 2 aromatic rings. The maximum Gasteiger partial charge on any atom is 0.188 e. The van der Waals surface area contributed by atoms with Crippen molar-refractivity contribution in [2.24, 2.45) is 0 Å². The van der Waals surface area contributed by atoms with E-state index in [4.69, 9.17) is 0 Å². The third kappa shape index (κ3) is 3.31. The van der Waals surface area contributed by atoms with E-state index in [0.29, 0.717) is 5.56 Å². The maximum absolute atomic E-state index is 13.3. The van der Waals surface area contributed by atoms with Gasteiger partial charge in [-0.05, 0) is 42.0 Å². The van der Waals surface area contributed by atoms with Crippen molar-refractivity contribution in [2.45, 2.75) is 0 Å². The molecule has 0 aliphatic heterocycles. The van der Waals surface area contributed by atoms with Crippen LogP contribution < -0.4 is 0 Å². The minimum atomic E-state index is -0.796. The summed E-state index contributed by atoms with van der Waals surface area (Å²) in [4.78, 5) is 11.7. The summed E-state index contributed by atoms with van der Waals surface area (Å²) in [5.74, 6) is -2.60. The van der Waals surface area contributed by atoms with Crippen LogP contribution in [0.5, 0.6) is 0 Å². The van der Waals surface area contributed by atoms with Crippen molar-refractivity contribution in [1.82, 2.24) is 0 Å². The first-order chi connectivity index (χ1) is 9.06. The van der Waals surface area contributed by atoms with Gasteiger partial charge in [0.15, 0.2) is 5.78 Å². The minimum absolute atomic E-state index is 0.354. The van der Waals surface area contributed by atoms with Crippen LogP contribution in [0.4, 0.5) is 13.2 Å². The summed E-state index contributed by atoms with van der Waals surface area (Å²) in [7, 11) is 0. The molecule has 0 N–H and O–H groups in total. The average molecular weight is 262 g/mol. The molecule has 0 aliphatic carbocycles. The van der Waals surface area contributed by atoms with Gasteiger partial charge in [-0.2, -0.15) is 0 Å². The van der Waals surface area contributed by atoms with Crippen molar-refractivity contribution in [2.75, 3.05) is 0 Å². The first kappa shape index (κ1) is 13.1. The molecule has 0 bridgehead atoms. The fourth-order valence-electron chi connectivity index (χ4n) is 1.56. The van der Waals surface area contributed by atoms with Crippen LogP contribution in [0.2, 0.25) is 0 Å².